The van der Waals surface area contributed by atoms with Crippen LogP contribution in [0.4, 0.5) is 10.5 Å². The molecular formula is C27H34N4O6. The van der Waals surface area contributed by atoms with Crippen LogP contribution in [0.1, 0.15) is 12.5 Å². The van der Waals surface area contributed by atoms with Crippen LogP contribution in [0.25, 0.3) is 6.08 Å². The van der Waals surface area contributed by atoms with Gasteiger partial charge < -0.3 is 29.5 Å². The molecule has 2 heterocycles. The summed E-state index contributed by atoms with van der Waals surface area (Å²) < 4.78 is 16.3. The van der Waals surface area contributed by atoms with E-state index in [4.69, 9.17) is 14.2 Å². The summed E-state index contributed by atoms with van der Waals surface area (Å²) in [6.07, 6.45) is 0.691. The van der Waals surface area contributed by atoms with Gasteiger partial charge in [0.15, 0.2) is 0 Å². The third-order valence-corrected chi connectivity index (χ3v) is 6.44. The van der Waals surface area contributed by atoms with E-state index in [-0.39, 0.29) is 12.2 Å². The van der Waals surface area contributed by atoms with E-state index in [9.17, 15) is 14.7 Å². The van der Waals surface area contributed by atoms with Gasteiger partial charge in [0.05, 0.1) is 39.2 Å². The molecule has 0 aromatic heterocycles. The van der Waals surface area contributed by atoms with E-state index >= 15 is 0 Å². The number of nitrogens with zero attached hydrogens (tertiary/aromatic N) is 3. The van der Waals surface area contributed by atoms with Crippen LogP contribution >= 0.6 is 0 Å². The van der Waals surface area contributed by atoms with Gasteiger partial charge in [-0.25, -0.2) is 4.79 Å². The topological polar surface area (TPSA) is 104 Å². The maximum absolute atomic E-state index is 12.9. The second-order valence-corrected chi connectivity index (χ2v) is 8.85. The fourth-order valence-corrected chi connectivity index (χ4v) is 4.56. The number of methoxy groups -OCH3 is 2. The molecule has 0 aliphatic carbocycles. The number of hydrogen-bond acceptors (Lipinski definition) is 8. The van der Waals surface area contributed by atoms with Crippen LogP contribution in [0.5, 0.6) is 17.2 Å². The van der Waals surface area contributed by atoms with Crippen molar-refractivity contribution in [1.82, 2.24) is 15.1 Å². The van der Waals surface area contributed by atoms with Gasteiger partial charge in [-0.15, -0.1) is 0 Å². The molecule has 4 rings (SSSR count). The number of aliphatic hydroxyl groups is 1. The van der Waals surface area contributed by atoms with E-state index in [1.165, 1.54) is 7.11 Å². The van der Waals surface area contributed by atoms with Gasteiger partial charge in [0, 0.05) is 44.4 Å². The highest BCUT2D eigenvalue weighted by Crippen LogP contribution is 2.29. The first-order chi connectivity index (χ1) is 17.9. The van der Waals surface area contributed by atoms with Crippen molar-refractivity contribution >= 4 is 23.7 Å². The summed E-state index contributed by atoms with van der Waals surface area (Å²) in [7, 11) is 3.07. The van der Waals surface area contributed by atoms with Crippen molar-refractivity contribution in [3.63, 3.8) is 0 Å². The zero-order chi connectivity index (χ0) is 26.4. The molecule has 1 atom stereocenters. The number of nitrogens with one attached hydrogen (secondary N) is 1. The molecule has 37 heavy (non-hydrogen) atoms. The largest absolute Gasteiger partial charge is 0.497 e. The molecule has 0 saturated carbocycles. The number of aliphatic hydroxyl groups excluding tert-OH is 1. The average Bonchev–Trinajstić information content (AvgIpc) is 3.17. The second kappa shape index (κ2) is 12.0. The zero-order valence-corrected chi connectivity index (χ0v) is 21.5. The Morgan fingerprint density at radius 1 is 1.00 bits per heavy atom. The van der Waals surface area contributed by atoms with Crippen LogP contribution in [0, 0.1) is 0 Å². The Balaban J connectivity index is 1.33. The van der Waals surface area contributed by atoms with Crippen LogP contribution < -0.4 is 24.4 Å². The highest BCUT2D eigenvalue weighted by Gasteiger charge is 2.35. The van der Waals surface area contributed by atoms with E-state index in [0.29, 0.717) is 30.2 Å². The summed E-state index contributed by atoms with van der Waals surface area (Å²) in [6, 6.07) is 12.6. The maximum atomic E-state index is 12.9. The molecule has 0 bridgehead atoms. The Kier molecular flexibility index (Phi) is 8.52. The molecule has 198 valence electrons. The normalized spacial score (nSPS) is 18.2. The first-order valence-corrected chi connectivity index (χ1v) is 12.4. The van der Waals surface area contributed by atoms with E-state index in [1.54, 1.807) is 31.4 Å². The summed E-state index contributed by atoms with van der Waals surface area (Å²) in [5.41, 5.74) is 1.82. The lowest BCUT2D eigenvalue weighted by Crippen LogP contribution is -2.50. The lowest BCUT2D eigenvalue weighted by molar-refractivity contribution is -0.124. The van der Waals surface area contributed by atoms with Gasteiger partial charge in [0.1, 0.15) is 22.9 Å². The lowest BCUT2D eigenvalue weighted by atomic mass is 10.1. The SMILES string of the molecule is CCOc1ccccc1N1CCN(CC(O)CN2C(=O)N/C(=C\c3ccc(OC)cc3OC)C2=O)CC1. The van der Waals surface area contributed by atoms with Gasteiger partial charge in [-0.05, 0) is 37.3 Å². The standard InChI is InChI=1S/C27H34N4O6/c1-4-37-24-8-6-5-7-23(24)30-13-11-29(12-14-30)17-20(32)18-31-26(33)22(28-27(31)34)15-19-9-10-21(35-2)16-25(19)36-3/h5-10,15-16,20,32H,4,11-14,17-18H2,1-3H3,(H,28,34)/b22-15-. The number of hydrogen-bond donors (Lipinski definition) is 2. The maximum Gasteiger partial charge on any atom is 0.329 e. The molecular weight excluding hydrogens is 476 g/mol. The van der Waals surface area contributed by atoms with Crippen LogP contribution in [-0.2, 0) is 4.79 Å². The van der Waals surface area contributed by atoms with Crippen molar-refractivity contribution in [3.05, 3.63) is 53.7 Å². The number of anilines is 1. The van der Waals surface area contributed by atoms with Gasteiger partial charge >= 0.3 is 6.03 Å². The van der Waals surface area contributed by atoms with Crippen molar-refractivity contribution in [1.29, 1.82) is 0 Å². The smallest absolute Gasteiger partial charge is 0.329 e. The number of piperazine rings is 1. The van der Waals surface area contributed by atoms with Gasteiger partial charge in [0.25, 0.3) is 5.91 Å². The predicted octanol–water partition coefficient (Wildman–Crippen LogP) is 2.18. The average molecular weight is 511 g/mol. The molecule has 1 unspecified atom stereocenters. The number of benzene rings is 2. The number of carbonyl (C=O) groups is 2. The van der Waals surface area contributed by atoms with Crippen molar-refractivity contribution < 1.29 is 28.9 Å². The Morgan fingerprint density at radius 2 is 1.76 bits per heavy atom. The van der Waals surface area contributed by atoms with Crippen molar-refractivity contribution in [2.75, 3.05) is 65.0 Å². The van der Waals surface area contributed by atoms with Crippen molar-refractivity contribution in [2.24, 2.45) is 0 Å². The molecule has 2 aliphatic heterocycles. The molecule has 10 heteroatoms. The minimum atomic E-state index is -0.869. The van der Waals surface area contributed by atoms with Crippen LogP contribution in [0.15, 0.2) is 48.2 Å². The zero-order valence-electron chi connectivity index (χ0n) is 21.5. The fourth-order valence-electron chi connectivity index (χ4n) is 4.56. The molecule has 10 nitrogen and oxygen atoms in total. The Bertz CT molecular complexity index is 1150. The van der Waals surface area contributed by atoms with E-state index in [2.05, 4.69) is 21.2 Å². The van der Waals surface area contributed by atoms with Crippen LogP contribution in [0.3, 0.4) is 0 Å². The molecule has 0 spiro atoms. The number of β-amino-alcohol motifs (C(OH)–C–C–N with tert-alkyl or cyclic N) is 1. The number of rotatable bonds is 10. The van der Waals surface area contributed by atoms with Crippen molar-refractivity contribution in [2.45, 2.75) is 13.0 Å². The number of carbonyl (C=O) groups excluding carboxylic acids is 2. The first kappa shape index (κ1) is 26.3. The van der Waals surface area contributed by atoms with Gasteiger partial charge in [-0.1, -0.05) is 12.1 Å². The second-order valence-electron chi connectivity index (χ2n) is 8.85. The number of ether oxygens (including phenoxy) is 3. The molecule has 2 fully saturated rings. The summed E-state index contributed by atoms with van der Waals surface area (Å²) in [6.45, 7) is 5.93. The monoisotopic (exact) mass is 510 g/mol. The third kappa shape index (κ3) is 6.15. The van der Waals surface area contributed by atoms with Gasteiger partial charge in [0.2, 0.25) is 0 Å². The van der Waals surface area contributed by atoms with E-state index in [1.807, 2.05) is 25.1 Å². The Labute approximate surface area is 217 Å². The molecule has 2 aliphatic rings. The molecule has 2 aromatic rings. The number of urea groups is 1. The van der Waals surface area contributed by atoms with E-state index in [0.717, 1.165) is 42.5 Å². The number of amides is 3. The van der Waals surface area contributed by atoms with Crippen molar-refractivity contribution in [3.8, 4) is 17.2 Å². The van der Waals surface area contributed by atoms with Crippen LogP contribution in [-0.4, -0.2) is 93.0 Å². The van der Waals surface area contributed by atoms with Gasteiger partial charge in [-0.2, -0.15) is 0 Å². The predicted molar refractivity (Wildman–Crippen MR) is 140 cm³/mol. The highest BCUT2D eigenvalue weighted by molar-refractivity contribution is 6.14. The number of imide groups is 1. The molecule has 2 aromatic carbocycles. The quantitative estimate of drug-likeness (QED) is 0.370. The first-order valence-electron chi connectivity index (χ1n) is 12.4. The number of para-hydroxylation sites is 2. The Morgan fingerprint density at radius 3 is 2.46 bits per heavy atom. The molecule has 3 amide bonds. The molecule has 2 N–H and O–H groups in total. The summed E-state index contributed by atoms with van der Waals surface area (Å²) >= 11 is 0. The molecule has 2 saturated heterocycles. The summed E-state index contributed by atoms with van der Waals surface area (Å²) in [5.74, 6) is 1.51. The third-order valence-electron chi connectivity index (χ3n) is 6.44. The Hall–Kier alpha value is -3.76. The molecule has 0 radical (unpaired) electrons. The minimum absolute atomic E-state index is 0.0882. The lowest BCUT2D eigenvalue weighted by Gasteiger charge is -2.37. The summed E-state index contributed by atoms with van der Waals surface area (Å²) in [5, 5.41) is 13.3. The highest BCUT2D eigenvalue weighted by atomic mass is 16.5. The fraction of sp³-hybridized carbons (Fsp3) is 0.407. The summed E-state index contributed by atoms with van der Waals surface area (Å²) in [4.78, 5) is 30.9. The van der Waals surface area contributed by atoms with Crippen LogP contribution in [0.2, 0.25) is 0 Å². The van der Waals surface area contributed by atoms with E-state index < -0.39 is 18.0 Å². The van der Waals surface area contributed by atoms with Gasteiger partial charge in [-0.3, -0.25) is 14.6 Å². The minimum Gasteiger partial charge on any atom is -0.497 e.